The molecule has 0 aliphatic carbocycles. The zero-order valence-electron chi connectivity index (χ0n) is 15.1. The Balaban J connectivity index is 2.16. The summed E-state index contributed by atoms with van der Waals surface area (Å²) in [6, 6.07) is 8.81. The van der Waals surface area contributed by atoms with Gasteiger partial charge in [-0.25, -0.2) is 4.98 Å². The minimum absolute atomic E-state index is 0.412. The van der Waals surface area contributed by atoms with E-state index in [9.17, 15) is 0 Å². The molecule has 0 aliphatic rings. The van der Waals surface area contributed by atoms with Crippen LogP contribution in [0, 0.1) is 13.8 Å². The van der Waals surface area contributed by atoms with Gasteiger partial charge in [0.15, 0.2) is 5.58 Å². The second-order valence-electron chi connectivity index (χ2n) is 6.44. The maximum absolute atomic E-state index is 6.15. The minimum atomic E-state index is 0.412. The third-order valence-electron chi connectivity index (χ3n) is 4.13. The van der Waals surface area contributed by atoms with Gasteiger partial charge in [0.2, 0.25) is 5.71 Å². The number of hydrogen-bond acceptors (Lipinski definition) is 4. The Kier molecular flexibility index (Phi) is 4.47. The fourth-order valence-corrected chi connectivity index (χ4v) is 2.92. The van der Waals surface area contributed by atoms with E-state index in [0.717, 1.165) is 34.3 Å². The number of fused-ring (bicyclic) bond motifs is 3. The molecule has 3 rings (SSSR count). The van der Waals surface area contributed by atoms with E-state index in [0.29, 0.717) is 11.8 Å². The largest absolute Gasteiger partial charge is 0.435 e. The van der Waals surface area contributed by atoms with Crippen LogP contribution in [0.1, 0.15) is 32.0 Å². The van der Waals surface area contributed by atoms with Crippen molar-refractivity contribution in [2.45, 2.75) is 40.7 Å². The highest BCUT2D eigenvalue weighted by atomic mass is 16.3. The lowest BCUT2D eigenvalue weighted by molar-refractivity contribution is 0.651. The molecule has 0 amide bonds. The standard InChI is InChI=1S/C20H25N3O/c1-6-23(12-11-21-13(2)3)18-14(4)7-9-16-17-10-8-15(5)22-20(17)24-19(16)18/h7-13,21H,6H2,1-5H3/b12-11-. The molecule has 0 atom stereocenters. The van der Waals surface area contributed by atoms with Crippen LogP contribution in [0.5, 0.6) is 0 Å². The van der Waals surface area contributed by atoms with Crippen LogP contribution in [0.3, 0.4) is 0 Å². The summed E-state index contributed by atoms with van der Waals surface area (Å²) in [4.78, 5) is 6.75. The van der Waals surface area contributed by atoms with E-state index >= 15 is 0 Å². The van der Waals surface area contributed by atoms with Crippen LogP contribution < -0.4 is 10.2 Å². The van der Waals surface area contributed by atoms with Crippen molar-refractivity contribution in [2.24, 2.45) is 0 Å². The number of furan rings is 1. The maximum atomic E-state index is 6.15. The smallest absolute Gasteiger partial charge is 0.227 e. The van der Waals surface area contributed by atoms with E-state index in [2.05, 4.69) is 67.3 Å². The minimum Gasteiger partial charge on any atom is -0.435 e. The van der Waals surface area contributed by atoms with Crippen molar-refractivity contribution >= 4 is 27.8 Å². The van der Waals surface area contributed by atoms with Gasteiger partial charge in [0.1, 0.15) is 0 Å². The molecular weight excluding hydrogens is 298 g/mol. The molecule has 1 N–H and O–H groups in total. The summed E-state index contributed by atoms with van der Waals surface area (Å²) in [5.74, 6) is 0. The average molecular weight is 323 g/mol. The molecule has 4 heteroatoms. The van der Waals surface area contributed by atoms with Gasteiger partial charge in [-0.3, -0.25) is 0 Å². The van der Waals surface area contributed by atoms with Crippen LogP contribution in [0.25, 0.3) is 22.1 Å². The Hall–Kier alpha value is -2.49. The van der Waals surface area contributed by atoms with E-state index in [4.69, 9.17) is 4.42 Å². The highest BCUT2D eigenvalue weighted by molar-refractivity contribution is 6.08. The predicted octanol–water partition coefficient (Wildman–Crippen LogP) is 4.89. The molecule has 2 aromatic heterocycles. The normalized spacial score (nSPS) is 11.9. The summed E-state index contributed by atoms with van der Waals surface area (Å²) in [6.45, 7) is 11.4. The van der Waals surface area contributed by atoms with Gasteiger partial charge in [-0.15, -0.1) is 0 Å². The molecule has 126 valence electrons. The fourth-order valence-electron chi connectivity index (χ4n) is 2.92. The van der Waals surface area contributed by atoms with E-state index in [-0.39, 0.29) is 0 Å². The lowest BCUT2D eigenvalue weighted by Crippen LogP contribution is -2.20. The Morgan fingerprint density at radius 2 is 1.92 bits per heavy atom. The number of nitrogens with zero attached hydrogens (tertiary/aromatic N) is 2. The van der Waals surface area contributed by atoms with Gasteiger partial charge in [-0.05, 0) is 52.3 Å². The SMILES string of the molecule is CCN(/C=C\NC(C)C)c1c(C)ccc2c1oc1nc(C)ccc12. The Morgan fingerprint density at radius 3 is 2.62 bits per heavy atom. The van der Waals surface area contributed by atoms with E-state index in [1.807, 2.05) is 19.2 Å². The van der Waals surface area contributed by atoms with Gasteiger partial charge in [0.05, 0.1) is 5.69 Å². The first-order valence-corrected chi connectivity index (χ1v) is 8.50. The summed E-state index contributed by atoms with van der Waals surface area (Å²) in [6.07, 6.45) is 4.07. The molecular formula is C20H25N3O. The third kappa shape index (κ3) is 2.96. The van der Waals surface area contributed by atoms with E-state index < -0.39 is 0 Å². The molecule has 3 aromatic rings. The summed E-state index contributed by atoms with van der Waals surface area (Å²) >= 11 is 0. The van der Waals surface area contributed by atoms with Gasteiger partial charge in [0, 0.05) is 41.5 Å². The highest BCUT2D eigenvalue weighted by Crippen LogP contribution is 2.36. The average Bonchev–Trinajstić information content (AvgIpc) is 2.89. The number of benzene rings is 1. The van der Waals surface area contributed by atoms with Crippen molar-refractivity contribution in [2.75, 3.05) is 11.4 Å². The number of aromatic nitrogens is 1. The van der Waals surface area contributed by atoms with Crippen LogP contribution in [0.2, 0.25) is 0 Å². The molecule has 0 aliphatic heterocycles. The van der Waals surface area contributed by atoms with Crippen molar-refractivity contribution in [3.05, 3.63) is 47.9 Å². The van der Waals surface area contributed by atoms with Crippen molar-refractivity contribution < 1.29 is 4.42 Å². The number of pyridine rings is 1. The van der Waals surface area contributed by atoms with Crippen LogP contribution in [-0.4, -0.2) is 17.6 Å². The quantitative estimate of drug-likeness (QED) is 0.725. The van der Waals surface area contributed by atoms with Crippen molar-refractivity contribution in [1.82, 2.24) is 10.3 Å². The van der Waals surface area contributed by atoms with Crippen LogP contribution >= 0.6 is 0 Å². The number of hydrogen-bond donors (Lipinski definition) is 1. The molecule has 2 heterocycles. The number of nitrogens with one attached hydrogen (secondary N) is 1. The van der Waals surface area contributed by atoms with Gasteiger partial charge in [0.25, 0.3) is 0 Å². The molecule has 4 nitrogen and oxygen atoms in total. The van der Waals surface area contributed by atoms with Gasteiger partial charge in [-0.2, -0.15) is 0 Å². The molecule has 0 saturated heterocycles. The van der Waals surface area contributed by atoms with Crippen LogP contribution in [-0.2, 0) is 0 Å². The summed E-state index contributed by atoms with van der Waals surface area (Å²) in [5.41, 5.74) is 4.87. The van der Waals surface area contributed by atoms with E-state index in [1.54, 1.807) is 0 Å². The Morgan fingerprint density at radius 1 is 1.17 bits per heavy atom. The lowest BCUT2D eigenvalue weighted by atomic mass is 10.1. The first-order valence-electron chi connectivity index (χ1n) is 8.50. The molecule has 0 radical (unpaired) electrons. The number of anilines is 1. The Bertz CT molecular complexity index is 893. The first kappa shape index (κ1) is 16.4. The molecule has 0 saturated carbocycles. The monoisotopic (exact) mass is 323 g/mol. The van der Waals surface area contributed by atoms with Gasteiger partial charge >= 0.3 is 0 Å². The molecule has 0 bridgehead atoms. The molecule has 0 fully saturated rings. The van der Waals surface area contributed by atoms with Crippen molar-refractivity contribution in [3.8, 4) is 0 Å². The number of aryl methyl sites for hydroxylation is 2. The maximum Gasteiger partial charge on any atom is 0.227 e. The predicted molar refractivity (Wildman–Crippen MR) is 101 cm³/mol. The Labute approximate surface area is 143 Å². The molecule has 0 unspecified atom stereocenters. The molecule has 0 spiro atoms. The summed E-state index contributed by atoms with van der Waals surface area (Å²) in [5, 5.41) is 5.50. The topological polar surface area (TPSA) is 41.3 Å². The van der Waals surface area contributed by atoms with Crippen LogP contribution in [0.4, 0.5) is 5.69 Å². The number of rotatable bonds is 5. The zero-order valence-corrected chi connectivity index (χ0v) is 15.1. The van der Waals surface area contributed by atoms with E-state index in [1.165, 1.54) is 5.56 Å². The third-order valence-corrected chi connectivity index (χ3v) is 4.13. The van der Waals surface area contributed by atoms with Gasteiger partial charge in [-0.1, -0.05) is 12.1 Å². The molecule has 24 heavy (non-hydrogen) atoms. The van der Waals surface area contributed by atoms with Gasteiger partial charge < -0.3 is 14.6 Å². The fraction of sp³-hybridized carbons (Fsp3) is 0.350. The first-order chi connectivity index (χ1) is 11.5. The molecule has 1 aromatic carbocycles. The highest BCUT2D eigenvalue weighted by Gasteiger charge is 2.17. The second-order valence-corrected chi connectivity index (χ2v) is 6.44. The summed E-state index contributed by atoms with van der Waals surface area (Å²) in [7, 11) is 0. The lowest BCUT2D eigenvalue weighted by Gasteiger charge is -2.21. The summed E-state index contributed by atoms with van der Waals surface area (Å²) < 4.78 is 6.15. The van der Waals surface area contributed by atoms with Crippen molar-refractivity contribution in [3.63, 3.8) is 0 Å². The second kappa shape index (κ2) is 6.56. The zero-order chi connectivity index (χ0) is 17.3. The van der Waals surface area contributed by atoms with Crippen molar-refractivity contribution in [1.29, 1.82) is 0 Å². The van der Waals surface area contributed by atoms with Crippen LogP contribution in [0.15, 0.2) is 41.1 Å².